The van der Waals surface area contributed by atoms with E-state index in [4.69, 9.17) is 15.5 Å². The molecule has 4 aromatic rings. The highest BCUT2D eigenvalue weighted by molar-refractivity contribution is 5.85. The number of aromatic nitrogens is 3. The number of aliphatic hydroxyl groups excluding tert-OH is 1. The number of hydrogen-bond donors (Lipinski definition) is 3. The molecule has 0 amide bonds. The van der Waals surface area contributed by atoms with Crippen molar-refractivity contribution >= 4 is 11.3 Å². The van der Waals surface area contributed by atoms with Crippen molar-refractivity contribution in [1.82, 2.24) is 14.4 Å². The van der Waals surface area contributed by atoms with E-state index in [0.717, 1.165) is 33.9 Å². The van der Waals surface area contributed by atoms with Crippen molar-refractivity contribution in [2.75, 3.05) is 12.3 Å². The second-order valence-electron chi connectivity index (χ2n) is 8.14. The van der Waals surface area contributed by atoms with Crippen LogP contribution in [0.2, 0.25) is 0 Å². The van der Waals surface area contributed by atoms with Crippen molar-refractivity contribution in [3.63, 3.8) is 0 Å². The summed E-state index contributed by atoms with van der Waals surface area (Å²) in [5, 5.41) is 19.6. The molecule has 0 radical (unpaired) electrons. The molecule has 4 N–H and O–H groups in total. The second-order valence-corrected chi connectivity index (χ2v) is 8.14. The molecule has 0 saturated heterocycles. The first-order valence-corrected chi connectivity index (χ1v) is 10.3. The number of benzene rings is 2. The fraction of sp³-hybridized carbons (Fsp3) is 0.250. The largest absolute Gasteiger partial charge is 0.489 e. The molecule has 7 nitrogen and oxygen atoms in total. The molecular formula is C24H24N4O3. The van der Waals surface area contributed by atoms with Crippen molar-refractivity contribution < 1.29 is 14.9 Å². The third-order valence-electron chi connectivity index (χ3n) is 5.88. The summed E-state index contributed by atoms with van der Waals surface area (Å²) < 4.78 is 7.92. The fourth-order valence-corrected chi connectivity index (χ4v) is 4.22. The predicted molar refractivity (Wildman–Crippen MR) is 118 cm³/mol. The minimum atomic E-state index is -1.03. The van der Waals surface area contributed by atoms with Crippen molar-refractivity contribution in [2.45, 2.75) is 31.0 Å². The van der Waals surface area contributed by atoms with E-state index in [1.165, 1.54) is 0 Å². The van der Waals surface area contributed by atoms with Gasteiger partial charge < -0.3 is 20.7 Å². The first-order valence-electron chi connectivity index (χ1n) is 10.3. The molecule has 0 bridgehead atoms. The highest BCUT2D eigenvalue weighted by Crippen LogP contribution is 2.45. The standard InChI is InChI=1S/C24H24N4O3/c25-22-21-20(17-7-4-8-19(11-17)31-14-16-5-2-1-3-6-16)27-23(28(21)10-9-26-22)18-12-24(30,13-18)15-29/h1-11,18,29-30H,12-15H2,(H2,25,26). The summed E-state index contributed by atoms with van der Waals surface area (Å²) in [6.07, 6.45) is 4.41. The molecule has 1 saturated carbocycles. The molecule has 1 fully saturated rings. The van der Waals surface area contributed by atoms with Gasteiger partial charge in [0.25, 0.3) is 0 Å². The van der Waals surface area contributed by atoms with E-state index in [1.807, 2.05) is 65.2 Å². The number of nitrogens with zero attached hydrogens (tertiary/aromatic N) is 3. The summed E-state index contributed by atoms with van der Waals surface area (Å²) in [6, 6.07) is 17.8. The Kier molecular flexibility index (Phi) is 4.84. The van der Waals surface area contributed by atoms with Crippen molar-refractivity contribution in [2.24, 2.45) is 0 Å². The number of fused-ring (bicyclic) bond motifs is 1. The van der Waals surface area contributed by atoms with Crippen LogP contribution in [0.5, 0.6) is 5.75 Å². The summed E-state index contributed by atoms with van der Waals surface area (Å²) in [5.74, 6) is 1.99. The summed E-state index contributed by atoms with van der Waals surface area (Å²) in [5.41, 5.74) is 8.64. The Morgan fingerprint density at radius 1 is 1.13 bits per heavy atom. The molecule has 0 spiro atoms. The van der Waals surface area contributed by atoms with Gasteiger partial charge >= 0.3 is 0 Å². The number of aliphatic hydroxyl groups is 2. The van der Waals surface area contributed by atoms with Gasteiger partial charge in [0.1, 0.15) is 35.2 Å². The maximum atomic E-state index is 10.2. The van der Waals surface area contributed by atoms with Gasteiger partial charge in [-0.2, -0.15) is 0 Å². The highest BCUT2D eigenvalue weighted by Gasteiger charge is 2.45. The summed E-state index contributed by atoms with van der Waals surface area (Å²) >= 11 is 0. The van der Waals surface area contributed by atoms with Gasteiger partial charge in [-0.3, -0.25) is 4.40 Å². The van der Waals surface area contributed by atoms with Gasteiger partial charge in [0.15, 0.2) is 0 Å². The van der Waals surface area contributed by atoms with Gasteiger partial charge in [-0.25, -0.2) is 9.97 Å². The monoisotopic (exact) mass is 416 g/mol. The van der Waals surface area contributed by atoms with Crippen LogP contribution in [0.4, 0.5) is 5.82 Å². The molecule has 0 aliphatic heterocycles. The number of hydrogen-bond acceptors (Lipinski definition) is 6. The number of rotatable bonds is 6. The first kappa shape index (κ1) is 19.5. The topological polar surface area (TPSA) is 106 Å². The van der Waals surface area contributed by atoms with Gasteiger partial charge in [-0.1, -0.05) is 42.5 Å². The number of imidazole rings is 1. The minimum Gasteiger partial charge on any atom is -0.489 e. The van der Waals surface area contributed by atoms with Crippen LogP contribution >= 0.6 is 0 Å². The Morgan fingerprint density at radius 3 is 2.71 bits per heavy atom. The molecule has 1 aliphatic carbocycles. The molecule has 2 aromatic heterocycles. The molecule has 7 heteroatoms. The van der Waals surface area contributed by atoms with E-state index < -0.39 is 5.60 Å². The van der Waals surface area contributed by atoms with E-state index in [1.54, 1.807) is 6.20 Å². The normalized spacial score (nSPS) is 20.5. The molecule has 1 aliphatic rings. The van der Waals surface area contributed by atoms with Gasteiger partial charge in [0.05, 0.1) is 12.2 Å². The highest BCUT2D eigenvalue weighted by atomic mass is 16.5. The predicted octanol–water partition coefficient (Wildman–Crippen LogP) is 3.16. The van der Waals surface area contributed by atoms with Crippen LogP contribution in [-0.2, 0) is 6.61 Å². The quantitative estimate of drug-likeness (QED) is 0.446. The number of ether oxygens (including phenoxy) is 1. The Balaban J connectivity index is 1.49. The summed E-state index contributed by atoms with van der Waals surface area (Å²) in [7, 11) is 0. The van der Waals surface area contributed by atoms with E-state index >= 15 is 0 Å². The first-order chi connectivity index (χ1) is 15.1. The van der Waals surface area contributed by atoms with E-state index in [2.05, 4.69) is 4.98 Å². The van der Waals surface area contributed by atoms with Gasteiger partial charge in [0.2, 0.25) is 0 Å². The molecule has 158 valence electrons. The van der Waals surface area contributed by atoms with Crippen LogP contribution in [0.15, 0.2) is 67.0 Å². The number of nitrogen functional groups attached to an aromatic ring is 1. The van der Waals surface area contributed by atoms with Crippen molar-refractivity contribution in [1.29, 1.82) is 0 Å². The number of nitrogens with two attached hydrogens (primary N) is 1. The van der Waals surface area contributed by atoms with Crippen LogP contribution in [-0.4, -0.2) is 36.8 Å². The van der Waals surface area contributed by atoms with Crippen molar-refractivity contribution in [3.05, 3.63) is 78.4 Å². The molecule has 5 rings (SSSR count). The van der Waals surface area contributed by atoms with Gasteiger partial charge in [-0.15, -0.1) is 0 Å². The lowest BCUT2D eigenvalue weighted by atomic mass is 9.71. The zero-order valence-corrected chi connectivity index (χ0v) is 17.0. The van der Waals surface area contributed by atoms with Gasteiger partial charge in [0, 0.05) is 23.9 Å². The zero-order valence-electron chi connectivity index (χ0n) is 17.0. The van der Waals surface area contributed by atoms with Gasteiger partial charge in [-0.05, 0) is 30.5 Å². The Hall–Kier alpha value is -3.42. The smallest absolute Gasteiger partial charge is 0.150 e. The SMILES string of the molecule is Nc1nccn2c(C3CC(O)(CO)C3)nc(-c3cccc(OCc4ccccc4)c3)c12. The third-order valence-corrected chi connectivity index (χ3v) is 5.88. The molecular weight excluding hydrogens is 392 g/mol. The van der Waals surface area contributed by atoms with Crippen LogP contribution < -0.4 is 10.5 Å². The van der Waals surface area contributed by atoms with E-state index in [0.29, 0.717) is 25.3 Å². The summed E-state index contributed by atoms with van der Waals surface area (Å²) in [6.45, 7) is 0.231. The Labute approximate surface area is 179 Å². The molecule has 0 atom stereocenters. The fourth-order valence-electron chi connectivity index (χ4n) is 4.22. The maximum absolute atomic E-state index is 10.2. The lowest BCUT2D eigenvalue weighted by Crippen LogP contribution is -2.46. The molecule has 2 aromatic carbocycles. The maximum Gasteiger partial charge on any atom is 0.150 e. The molecule has 2 heterocycles. The zero-order chi connectivity index (χ0) is 21.4. The second kappa shape index (κ2) is 7.68. The minimum absolute atomic E-state index is 0.0395. The van der Waals surface area contributed by atoms with Crippen LogP contribution in [0.1, 0.15) is 30.1 Å². The Morgan fingerprint density at radius 2 is 1.94 bits per heavy atom. The van der Waals surface area contributed by atoms with Crippen LogP contribution in [0.3, 0.4) is 0 Å². The van der Waals surface area contributed by atoms with E-state index in [-0.39, 0.29) is 12.5 Å². The average molecular weight is 416 g/mol. The Bertz CT molecular complexity index is 1220. The summed E-state index contributed by atoms with van der Waals surface area (Å²) in [4.78, 5) is 9.15. The van der Waals surface area contributed by atoms with Crippen LogP contribution in [0, 0.1) is 0 Å². The average Bonchev–Trinajstić information content (AvgIpc) is 3.17. The number of anilines is 1. The van der Waals surface area contributed by atoms with E-state index in [9.17, 15) is 10.2 Å². The molecule has 31 heavy (non-hydrogen) atoms. The lowest BCUT2D eigenvalue weighted by molar-refractivity contribution is -0.0882. The van der Waals surface area contributed by atoms with Crippen molar-refractivity contribution in [3.8, 4) is 17.0 Å². The lowest BCUT2D eigenvalue weighted by Gasteiger charge is -2.41. The van der Waals surface area contributed by atoms with Crippen LogP contribution in [0.25, 0.3) is 16.8 Å². The third kappa shape index (κ3) is 3.62. The molecule has 0 unspecified atom stereocenters.